The van der Waals surface area contributed by atoms with Gasteiger partial charge < -0.3 is 10.0 Å². The molecule has 1 unspecified atom stereocenters. The molecule has 1 N–H and O–H groups in total. The molecule has 7 heteroatoms. The maximum Gasteiger partial charge on any atom is 0.326 e. The Kier molecular flexibility index (Phi) is 5.41. The van der Waals surface area contributed by atoms with Crippen LogP contribution in [-0.2, 0) is 11.2 Å². The lowest BCUT2D eigenvalue weighted by atomic mass is 10.0. The fourth-order valence-electron chi connectivity index (χ4n) is 3.16. The third kappa shape index (κ3) is 3.78. The first-order valence-corrected chi connectivity index (χ1v) is 9.40. The summed E-state index contributed by atoms with van der Waals surface area (Å²) in [6.45, 7) is 3.76. The van der Waals surface area contributed by atoms with E-state index in [1.165, 1.54) is 16.2 Å². The highest BCUT2D eigenvalue weighted by Gasteiger charge is 2.29. The highest BCUT2D eigenvalue weighted by atomic mass is 32.1. The van der Waals surface area contributed by atoms with Crippen molar-refractivity contribution in [2.75, 3.05) is 7.05 Å². The molecule has 0 aliphatic carbocycles. The monoisotopic (exact) mass is 383 g/mol. The van der Waals surface area contributed by atoms with Gasteiger partial charge >= 0.3 is 5.97 Å². The number of carboxylic acid groups (broad SMARTS) is 1. The van der Waals surface area contributed by atoms with E-state index in [4.69, 9.17) is 0 Å². The second-order valence-corrected chi connectivity index (χ2v) is 7.27. The molecule has 3 aromatic rings. The Morgan fingerprint density at radius 1 is 1.26 bits per heavy atom. The maximum atomic E-state index is 13.1. The van der Waals surface area contributed by atoms with Gasteiger partial charge in [-0.3, -0.25) is 9.36 Å². The maximum absolute atomic E-state index is 13.1. The molecule has 0 spiro atoms. The second kappa shape index (κ2) is 7.75. The number of thiazole rings is 1. The average molecular weight is 383 g/mol. The summed E-state index contributed by atoms with van der Waals surface area (Å²) in [6, 6.07) is 10.2. The van der Waals surface area contributed by atoms with E-state index in [9.17, 15) is 14.7 Å². The van der Waals surface area contributed by atoms with Gasteiger partial charge in [0.25, 0.3) is 5.91 Å². The number of amides is 1. The van der Waals surface area contributed by atoms with Gasteiger partial charge in [0.15, 0.2) is 5.13 Å². The summed E-state index contributed by atoms with van der Waals surface area (Å²) >= 11 is 1.48. The molecule has 0 saturated heterocycles. The van der Waals surface area contributed by atoms with E-state index >= 15 is 0 Å². The molecule has 0 radical (unpaired) electrons. The summed E-state index contributed by atoms with van der Waals surface area (Å²) in [7, 11) is 1.54. The van der Waals surface area contributed by atoms with Crippen LogP contribution in [0.25, 0.3) is 5.13 Å². The molecule has 140 valence electrons. The van der Waals surface area contributed by atoms with E-state index in [0.717, 1.165) is 22.1 Å². The van der Waals surface area contributed by atoms with E-state index in [1.54, 1.807) is 19.3 Å². The first kappa shape index (κ1) is 18.8. The first-order valence-electron chi connectivity index (χ1n) is 8.53. The number of carbonyl (C=O) groups excluding carboxylic acids is 1. The zero-order valence-electron chi connectivity index (χ0n) is 15.4. The number of aryl methyl sites for hydroxylation is 1. The molecule has 0 aliphatic rings. The van der Waals surface area contributed by atoms with Crippen LogP contribution < -0.4 is 0 Å². The number of carbonyl (C=O) groups is 2. The number of aliphatic carboxylic acids is 1. The van der Waals surface area contributed by atoms with Crippen molar-refractivity contribution in [2.24, 2.45) is 0 Å². The van der Waals surface area contributed by atoms with Gasteiger partial charge in [-0.25, -0.2) is 9.78 Å². The molecular formula is C20H21N3O3S. The van der Waals surface area contributed by atoms with Crippen LogP contribution in [-0.4, -0.2) is 44.5 Å². The van der Waals surface area contributed by atoms with Crippen LogP contribution in [0.2, 0.25) is 0 Å². The predicted molar refractivity (Wildman–Crippen MR) is 105 cm³/mol. The van der Waals surface area contributed by atoms with Crippen LogP contribution in [0.3, 0.4) is 0 Å². The summed E-state index contributed by atoms with van der Waals surface area (Å²) in [4.78, 5) is 30.5. The van der Waals surface area contributed by atoms with Gasteiger partial charge in [-0.05, 0) is 25.5 Å². The van der Waals surface area contributed by atoms with Crippen molar-refractivity contribution in [1.29, 1.82) is 0 Å². The lowest BCUT2D eigenvalue weighted by Gasteiger charge is -2.25. The number of likely N-dealkylation sites (N-methyl/N-ethyl adjacent to an activating group) is 1. The Morgan fingerprint density at radius 3 is 2.56 bits per heavy atom. The summed E-state index contributed by atoms with van der Waals surface area (Å²) < 4.78 is 1.92. The van der Waals surface area contributed by atoms with Crippen LogP contribution in [0, 0.1) is 13.8 Å². The van der Waals surface area contributed by atoms with Gasteiger partial charge in [-0.2, -0.15) is 0 Å². The molecule has 27 heavy (non-hydrogen) atoms. The highest BCUT2D eigenvalue weighted by molar-refractivity contribution is 7.12. The van der Waals surface area contributed by atoms with E-state index in [-0.39, 0.29) is 12.3 Å². The number of hydrogen-bond acceptors (Lipinski definition) is 4. The minimum absolute atomic E-state index is 0.254. The van der Waals surface area contributed by atoms with E-state index < -0.39 is 12.0 Å². The minimum Gasteiger partial charge on any atom is -0.480 e. The number of hydrogen-bond donors (Lipinski definition) is 1. The lowest BCUT2D eigenvalue weighted by molar-refractivity contribution is -0.141. The second-order valence-electron chi connectivity index (χ2n) is 6.39. The smallest absolute Gasteiger partial charge is 0.326 e. The Morgan fingerprint density at radius 2 is 1.96 bits per heavy atom. The normalized spacial score (nSPS) is 12.0. The minimum atomic E-state index is -1.02. The number of aromatic nitrogens is 2. The number of rotatable bonds is 6. The van der Waals surface area contributed by atoms with Crippen molar-refractivity contribution in [2.45, 2.75) is 26.3 Å². The summed E-state index contributed by atoms with van der Waals surface area (Å²) in [5, 5.41) is 12.3. The van der Waals surface area contributed by atoms with E-state index in [0.29, 0.717) is 5.56 Å². The Balaban J connectivity index is 1.90. The average Bonchev–Trinajstić information content (AvgIpc) is 3.27. The largest absolute Gasteiger partial charge is 0.480 e. The van der Waals surface area contributed by atoms with Gasteiger partial charge in [0.05, 0.1) is 5.56 Å². The zero-order chi connectivity index (χ0) is 19.6. The van der Waals surface area contributed by atoms with Crippen molar-refractivity contribution < 1.29 is 14.7 Å². The van der Waals surface area contributed by atoms with Crippen molar-refractivity contribution >= 4 is 23.2 Å². The fourth-order valence-corrected chi connectivity index (χ4v) is 3.91. The van der Waals surface area contributed by atoms with Crippen molar-refractivity contribution in [3.05, 3.63) is 70.5 Å². The van der Waals surface area contributed by atoms with E-state index in [2.05, 4.69) is 4.98 Å². The number of carboxylic acids is 1. The third-order valence-electron chi connectivity index (χ3n) is 4.62. The molecule has 1 atom stereocenters. The van der Waals surface area contributed by atoms with Crippen LogP contribution in [0.1, 0.15) is 27.3 Å². The van der Waals surface area contributed by atoms with E-state index in [1.807, 2.05) is 54.1 Å². The molecule has 1 aromatic carbocycles. The SMILES string of the molecule is Cc1cc(C(=O)N(C)C(Cc2ccccc2)C(=O)O)c(C)n1-c1nccs1. The Bertz CT molecular complexity index is 949. The standard InChI is InChI=1S/C20H21N3O3S/c1-13-11-16(14(2)23(13)20-21-9-10-27-20)18(24)22(3)17(19(25)26)12-15-7-5-4-6-8-15/h4-11,17H,12H2,1-3H3,(H,25,26). The molecule has 3 rings (SSSR count). The summed E-state index contributed by atoms with van der Waals surface area (Å²) in [5.41, 5.74) is 3.00. The van der Waals surface area contributed by atoms with Crippen molar-refractivity contribution in [3.8, 4) is 5.13 Å². The van der Waals surface area contributed by atoms with Crippen LogP contribution >= 0.6 is 11.3 Å². The highest BCUT2D eigenvalue weighted by Crippen LogP contribution is 2.24. The van der Waals surface area contributed by atoms with Crippen LogP contribution in [0.5, 0.6) is 0 Å². The first-order chi connectivity index (χ1) is 12.9. The van der Waals surface area contributed by atoms with Crippen LogP contribution in [0.4, 0.5) is 0 Å². The molecule has 6 nitrogen and oxygen atoms in total. The van der Waals surface area contributed by atoms with Gasteiger partial charge in [0.2, 0.25) is 0 Å². The molecular weight excluding hydrogens is 362 g/mol. The van der Waals surface area contributed by atoms with Crippen LogP contribution in [0.15, 0.2) is 48.0 Å². The summed E-state index contributed by atoms with van der Waals surface area (Å²) in [5.74, 6) is -1.34. The fraction of sp³-hybridized carbons (Fsp3) is 0.250. The van der Waals surface area contributed by atoms with Crippen molar-refractivity contribution in [1.82, 2.24) is 14.5 Å². The molecule has 0 saturated carbocycles. The van der Waals surface area contributed by atoms with Gasteiger partial charge in [-0.15, -0.1) is 11.3 Å². The quantitative estimate of drug-likeness (QED) is 0.708. The summed E-state index contributed by atoms with van der Waals surface area (Å²) in [6.07, 6.45) is 1.97. The van der Waals surface area contributed by atoms with Gasteiger partial charge in [0.1, 0.15) is 6.04 Å². The predicted octanol–water partition coefficient (Wildman–Crippen LogP) is 3.32. The molecule has 0 fully saturated rings. The Labute approximate surface area is 161 Å². The third-order valence-corrected chi connectivity index (χ3v) is 5.37. The lowest BCUT2D eigenvalue weighted by Crippen LogP contribution is -2.44. The number of nitrogens with zero attached hydrogens (tertiary/aromatic N) is 3. The number of benzene rings is 1. The van der Waals surface area contributed by atoms with Gasteiger partial charge in [-0.1, -0.05) is 30.3 Å². The molecule has 0 bridgehead atoms. The topological polar surface area (TPSA) is 75.4 Å². The molecule has 2 heterocycles. The van der Waals surface area contributed by atoms with Gasteiger partial charge in [0, 0.05) is 36.4 Å². The van der Waals surface area contributed by atoms with Crippen molar-refractivity contribution in [3.63, 3.8) is 0 Å². The Hall–Kier alpha value is -2.93. The zero-order valence-corrected chi connectivity index (χ0v) is 16.2. The molecule has 0 aliphatic heterocycles. The molecule has 2 aromatic heterocycles. The molecule has 1 amide bonds.